The molecular formula is C21H23FN2O3S. The predicted molar refractivity (Wildman–Crippen MR) is 105 cm³/mol. The number of para-hydroxylation sites is 1. The first kappa shape index (κ1) is 18.9. The molecule has 1 amide bonds. The monoisotopic (exact) mass is 402 g/mol. The number of sulfonamides is 1. The van der Waals surface area contributed by atoms with Gasteiger partial charge in [0.05, 0.1) is 16.1 Å². The molecule has 0 unspecified atom stereocenters. The van der Waals surface area contributed by atoms with Gasteiger partial charge in [-0.3, -0.25) is 9.10 Å². The number of carbonyl (C=O) groups excluding carboxylic acids is 1. The number of halogens is 1. The van der Waals surface area contributed by atoms with Gasteiger partial charge in [-0.1, -0.05) is 37.5 Å². The highest BCUT2D eigenvalue weighted by atomic mass is 32.2. The lowest BCUT2D eigenvalue weighted by Gasteiger charge is -2.23. The molecule has 2 aromatic rings. The minimum Gasteiger partial charge on any atom is -0.349 e. The Morgan fingerprint density at radius 1 is 1.07 bits per heavy atom. The van der Waals surface area contributed by atoms with Crippen molar-refractivity contribution in [2.75, 3.05) is 10.8 Å². The molecule has 28 heavy (non-hydrogen) atoms. The molecule has 2 aliphatic rings. The molecule has 1 aliphatic carbocycles. The van der Waals surface area contributed by atoms with E-state index in [1.807, 2.05) is 12.1 Å². The number of fused-ring (bicyclic) bond motifs is 1. The fourth-order valence-corrected chi connectivity index (χ4v) is 5.56. The summed E-state index contributed by atoms with van der Waals surface area (Å²) in [6.07, 6.45) is 5.59. The number of nitrogens with one attached hydrogen (secondary N) is 1. The number of amides is 1. The van der Waals surface area contributed by atoms with Gasteiger partial charge in [-0.25, -0.2) is 12.8 Å². The van der Waals surface area contributed by atoms with Crippen LogP contribution in [-0.4, -0.2) is 26.9 Å². The van der Waals surface area contributed by atoms with Crippen LogP contribution in [0.25, 0.3) is 0 Å². The summed E-state index contributed by atoms with van der Waals surface area (Å²) < 4.78 is 41.9. The van der Waals surface area contributed by atoms with Crippen LogP contribution in [0.15, 0.2) is 47.4 Å². The van der Waals surface area contributed by atoms with Gasteiger partial charge in [0.15, 0.2) is 0 Å². The van der Waals surface area contributed by atoms with Crippen molar-refractivity contribution < 1.29 is 17.6 Å². The topological polar surface area (TPSA) is 66.5 Å². The molecule has 0 saturated heterocycles. The fourth-order valence-electron chi connectivity index (χ4n) is 4.03. The van der Waals surface area contributed by atoms with E-state index in [2.05, 4.69) is 5.32 Å². The number of hydrogen-bond donors (Lipinski definition) is 1. The average molecular weight is 402 g/mol. The highest BCUT2D eigenvalue weighted by molar-refractivity contribution is 7.92. The molecule has 7 heteroatoms. The van der Waals surface area contributed by atoms with Gasteiger partial charge in [0, 0.05) is 12.6 Å². The lowest BCUT2D eigenvalue weighted by atomic mass is 9.95. The number of benzene rings is 2. The number of nitrogens with zero attached hydrogens (tertiary/aromatic N) is 1. The number of rotatable bonds is 4. The second kappa shape index (κ2) is 7.54. The Labute approximate surface area is 164 Å². The standard InChI is InChI=1S/C21H23FN2O3S/c22-19-11-10-17(14-18(19)21(25)23-16-7-2-1-3-8-16)28(26,27)24-13-12-15-6-4-5-9-20(15)24/h4-6,9-11,14,16H,1-3,7-8,12-13H2,(H,23,25). The van der Waals surface area contributed by atoms with E-state index in [9.17, 15) is 17.6 Å². The maximum Gasteiger partial charge on any atom is 0.264 e. The Morgan fingerprint density at radius 3 is 2.61 bits per heavy atom. The van der Waals surface area contributed by atoms with Crippen LogP contribution in [0.5, 0.6) is 0 Å². The summed E-state index contributed by atoms with van der Waals surface area (Å²) in [5.74, 6) is -1.27. The molecule has 0 spiro atoms. The summed E-state index contributed by atoms with van der Waals surface area (Å²) in [7, 11) is -3.87. The van der Waals surface area contributed by atoms with E-state index in [0.29, 0.717) is 18.7 Å². The molecule has 2 aromatic carbocycles. The quantitative estimate of drug-likeness (QED) is 0.849. The van der Waals surface area contributed by atoms with Crippen molar-refractivity contribution in [2.24, 2.45) is 0 Å². The van der Waals surface area contributed by atoms with Crippen LogP contribution in [0.1, 0.15) is 48.0 Å². The van der Waals surface area contributed by atoms with Gasteiger partial charge < -0.3 is 5.32 Å². The zero-order valence-electron chi connectivity index (χ0n) is 15.5. The first-order chi connectivity index (χ1) is 13.5. The van der Waals surface area contributed by atoms with E-state index in [1.165, 1.54) is 10.4 Å². The Morgan fingerprint density at radius 2 is 1.82 bits per heavy atom. The van der Waals surface area contributed by atoms with Crippen molar-refractivity contribution in [3.05, 3.63) is 59.4 Å². The van der Waals surface area contributed by atoms with E-state index >= 15 is 0 Å². The third kappa shape index (κ3) is 3.51. The Hall–Kier alpha value is -2.41. The summed E-state index contributed by atoms with van der Waals surface area (Å²) in [5, 5.41) is 2.85. The fraction of sp³-hybridized carbons (Fsp3) is 0.381. The lowest BCUT2D eigenvalue weighted by molar-refractivity contribution is 0.0923. The first-order valence-corrected chi connectivity index (χ1v) is 11.1. The minimum atomic E-state index is -3.87. The summed E-state index contributed by atoms with van der Waals surface area (Å²) in [5.41, 5.74) is 1.38. The highest BCUT2D eigenvalue weighted by Crippen LogP contribution is 2.33. The van der Waals surface area contributed by atoms with Crippen molar-refractivity contribution in [1.29, 1.82) is 0 Å². The van der Waals surface area contributed by atoms with Crippen LogP contribution in [0, 0.1) is 5.82 Å². The Balaban J connectivity index is 1.62. The Bertz CT molecular complexity index is 1000. The predicted octanol–water partition coefficient (Wildman–Crippen LogP) is 3.64. The highest BCUT2D eigenvalue weighted by Gasteiger charge is 2.31. The van der Waals surface area contributed by atoms with Crippen LogP contribution in [0.3, 0.4) is 0 Å². The van der Waals surface area contributed by atoms with Crippen LogP contribution in [0.4, 0.5) is 10.1 Å². The van der Waals surface area contributed by atoms with Crippen molar-refractivity contribution in [2.45, 2.75) is 49.5 Å². The maximum atomic E-state index is 14.3. The summed E-state index contributed by atoms with van der Waals surface area (Å²) in [6.45, 7) is 0.336. The van der Waals surface area contributed by atoms with Gasteiger partial charge in [0.25, 0.3) is 15.9 Å². The normalized spacial score (nSPS) is 17.4. The van der Waals surface area contributed by atoms with E-state index in [1.54, 1.807) is 12.1 Å². The molecular weight excluding hydrogens is 379 g/mol. The summed E-state index contributed by atoms with van der Waals surface area (Å²) >= 11 is 0. The average Bonchev–Trinajstić information content (AvgIpc) is 3.14. The van der Waals surface area contributed by atoms with Gasteiger partial charge >= 0.3 is 0 Å². The molecule has 0 radical (unpaired) electrons. The third-order valence-corrected chi connectivity index (χ3v) is 7.36. The van der Waals surface area contributed by atoms with Gasteiger partial charge in [-0.2, -0.15) is 0 Å². The first-order valence-electron chi connectivity index (χ1n) is 9.68. The summed E-state index contributed by atoms with van der Waals surface area (Å²) in [4.78, 5) is 12.5. The molecule has 1 aliphatic heterocycles. The number of hydrogen-bond acceptors (Lipinski definition) is 3. The molecule has 5 nitrogen and oxygen atoms in total. The van der Waals surface area contributed by atoms with E-state index in [0.717, 1.165) is 49.8 Å². The molecule has 1 saturated carbocycles. The largest absolute Gasteiger partial charge is 0.349 e. The molecule has 4 rings (SSSR count). The van der Waals surface area contributed by atoms with Crippen LogP contribution in [0.2, 0.25) is 0 Å². The van der Waals surface area contributed by atoms with Crippen molar-refractivity contribution in [3.63, 3.8) is 0 Å². The SMILES string of the molecule is O=C(NC1CCCCC1)c1cc(S(=O)(=O)N2CCc3ccccc32)ccc1F. The maximum absolute atomic E-state index is 14.3. The van der Waals surface area contributed by atoms with Gasteiger partial charge in [0.2, 0.25) is 0 Å². The second-order valence-corrected chi connectivity index (χ2v) is 9.27. The Kier molecular flexibility index (Phi) is 5.10. The van der Waals surface area contributed by atoms with Crippen molar-refractivity contribution in [1.82, 2.24) is 5.32 Å². The third-order valence-electron chi connectivity index (χ3n) is 5.56. The van der Waals surface area contributed by atoms with Gasteiger partial charge in [-0.05, 0) is 49.1 Å². The van der Waals surface area contributed by atoms with Crippen LogP contribution in [-0.2, 0) is 16.4 Å². The van der Waals surface area contributed by atoms with Crippen LogP contribution >= 0.6 is 0 Å². The van der Waals surface area contributed by atoms with Crippen molar-refractivity contribution >= 4 is 21.6 Å². The van der Waals surface area contributed by atoms with E-state index in [4.69, 9.17) is 0 Å². The lowest BCUT2D eigenvalue weighted by Crippen LogP contribution is -2.36. The van der Waals surface area contributed by atoms with Crippen molar-refractivity contribution in [3.8, 4) is 0 Å². The zero-order valence-corrected chi connectivity index (χ0v) is 16.3. The van der Waals surface area contributed by atoms with Gasteiger partial charge in [0.1, 0.15) is 5.82 Å². The second-order valence-electron chi connectivity index (χ2n) is 7.41. The van der Waals surface area contributed by atoms with Gasteiger partial charge in [-0.15, -0.1) is 0 Å². The molecule has 0 aromatic heterocycles. The molecule has 0 bridgehead atoms. The summed E-state index contributed by atoms with van der Waals surface area (Å²) in [6, 6.07) is 10.8. The van der Waals surface area contributed by atoms with E-state index < -0.39 is 21.7 Å². The molecule has 1 N–H and O–H groups in total. The zero-order chi connectivity index (χ0) is 19.7. The van der Waals surface area contributed by atoms with E-state index in [-0.39, 0.29) is 16.5 Å². The molecule has 1 heterocycles. The van der Waals surface area contributed by atoms with Crippen LogP contribution < -0.4 is 9.62 Å². The molecule has 148 valence electrons. The molecule has 1 fully saturated rings. The number of carbonyl (C=O) groups is 1. The smallest absolute Gasteiger partial charge is 0.264 e. The number of anilines is 1. The minimum absolute atomic E-state index is 0.0198. The molecule has 0 atom stereocenters.